The molecule has 2 fully saturated rings. The molecule has 1 saturated heterocycles. The van der Waals surface area contributed by atoms with E-state index in [4.69, 9.17) is 4.74 Å². The standard InChI is InChI=1S/C21H33N3O2/c1-5-6-13-23-14-7-8-18(23)16-9-12-19(22-15-16)24(17-10-11-17)20(25)26-21(2,3)4/h9,12,15,17-18H,5-8,10-11,13-14H2,1-4H3/t18-/m1/s1. The van der Waals surface area contributed by atoms with Crippen LogP contribution in [-0.2, 0) is 4.74 Å². The number of carbonyl (C=O) groups is 1. The van der Waals surface area contributed by atoms with E-state index in [-0.39, 0.29) is 12.1 Å². The van der Waals surface area contributed by atoms with Gasteiger partial charge < -0.3 is 4.74 Å². The quantitative estimate of drug-likeness (QED) is 0.723. The van der Waals surface area contributed by atoms with Crippen LogP contribution in [-0.4, -0.2) is 40.7 Å². The first kappa shape index (κ1) is 19.2. The van der Waals surface area contributed by atoms with Crippen molar-refractivity contribution in [1.82, 2.24) is 9.88 Å². The number of amides is 1. The summed E-state index contributed by atoms with van der Waals surface area (Å²) in [7, 11) is 0. The van der Waals surface area contributed by atoms with Crippen LogP contribution in [0.5, 0.6) is 0 Å². The van der Waals surface area contributed by atoms with Gasteiger partial charge in [0.2, 0.25) is 0 Å². The average molecular weight is 360 g/mol. The number of unbranched alkanes of at least 4 members (excludes halogenated alkanes) is 1. The summed E-state index contributed by atoms with van der Waals surface area (Å²) < 4.78 is 5.59. The van der Waals surface area contributed by atoms with Gasteiger partial charge in [-0.25, -0.2) is 9.78 Å². The van der Waals surface area contributed by atoms with Gasteiger partial charge in [-0.1, -0.05) is 19.4 Å². The number of rotatable bonds is 6. The summed E-state index contributed by atoms with van der Waals surface area (Å²) in [5, 5.41) is 0. The number of hydrogen-bond acceptors (Lipinski definition) is 4. The molecule has 1 amide bonds. The van der Waals surface area contributed by atoms with Crippen LogP contribution in [0, 0.1) is 0 Å². The van der Waals surface area contributed by atoms with Crippen LogP contribution in [0.4, 0.5) is 10.6 Å². The van der Waals surface area contributed by atoms with Crippen molar-refractivity contribution >= 4 is 11.9 Å². The zero-order valence-electron chi connectivity index (χ0n) is 16.7. The van der Waals surface area contributed by atoms with E-state index in [1.165, 1.54) is 37.8 Å². The molecule has 1 aliphatic carbocycles. The molecular weight excluding hydrogens is 326 g/mol. The Morgan fingerprint density at radius 2 is 2.08 bits per heavy atom. The van der Waals surface area contributed by atoms with E-state index in [2.05, 4.69) is 22.9 Å². The highest BCUT2D eigenvalue weighted by Crippen LogP contribution is 2.35. The smallest absolute Gasteiger partial charge is 0.416 e. The second-order valence-electron chi connectivity index (χ2n) is 8.58. The van der Waals surface area contributed by atoms with Gasteiger partial charge in [-0.05, 0) is 77.6 Å². The molecule has 2 aliphatic rings. The Balaban J connectivity index is 1.72. The maximum Gasteiger partial charge on any atom is 0.416 e. The molecule has 0 unspecified atom stereocenters. The number of nitrogens with zero attached hydrogens (tertiary/aromatic N) is 3. The number of aromatic nitrogens is 1. The van der Waals surface area contributed by atoms with Crippen LogP contribution >= 0.6 is 0 Å². The second kappa shape index (κ2) is 7.95. The van der Waals surface area contributed by atoms with E-state index in [1.54, 1.807) is 4.90 Å². The molecular formula is C21H33N3O2. The third-order valence-corrected chi connectivity index (χ3v) is 5.07. The van der Waals surface area contributed by atoms with Gasteiger partial charge >= 0.3 is 6.09 Å². The fourth-order valence-electron chi connectivity index (χ4n) is 3.64. The van der Waals surface area contributed by atoms with E-state index in [1.807, 2.05) is 33.0 Å². The molecule has 0 bridgehead atoms. The van der Waals surface area contributed by atoms with Crippen molar-refractivity contribution in [2.75, 3.05) is 18.0 Å². The fraction of sp³-hybridized carbons (Fsp3) is 0.714. The lowest BCUT2D eigenvalue weighted by atomic mass is 10.1. The molecule has 26 heavy (non-hydrogen) atoms. The zero-order chi connectivity index (χ0) is 18.7. The molecule has 1 aromatic heterocycles. The molecule has 0 N–H and O–H groups in total. The van der Waals surface area contributed by atoms with Crippen molar-refractivity contribution in [3.05, 3.63) is 23.9 Å². The SMILES string of the molecule is CCCCN1CCC[C@@H]1c1ccc(N(C(=O)OC(C)(C)C)C2CC2)nc1. The first-order valence-electron chi connectivity index (χ1n) is 10.1. The summed E-state index contributed by atoms with van der Waals surface area (Å²) in [5.74, 6) is 0.712. The zero-order valence-corrected chi connectivity index (χ0v) is 16.7. The lowest BCUT2D eigenvalue weighted by molar-refractivity contribution is 0.0576. The maximum absolute atomic E-state index is 12.6. The summed E-state index contributed by atoms with van der Waals surface area (Å²) >= 11 is 0. The Morgan fingerprint density at radius 1 is 1.31 bits per heavy atom. The Morgan fingerprint density at radius 3 is 2.65 bits per heavy atom. The molecule has 3 rings (SSSR count). The van der Waals surface area contributed by atoms with Crippen molar-refractivity contribution in [2.24, 2.45) is 0 Å². The molecule has 1 atom stereocenters. The molecule has 5 nitrogen and oxygen atoms in total. The Hall–Kier alpha value is -1.62. The van der Waals surface area contributed by atoms with Gasteiger partial charge in [0, 0.05) is 18.3 Å². The first-order chi connectivity index (χ1) is 12.4. The molecule has 1 saturated carbocycles. The highest BCUT2D eigenvalue weighted by molar-refractivity contribution is 5.88. The molecule has 0 spiro atoms. The van der Waals surface area contributed by atoms with Gasteiger partial charge in [-0.3, -0.25) is 9.80 Å². The van der Waals surface area contributed by atoms with Crippen LogP contribution in [0.1, 0.15) is 77.8 Å². The molecule has 144 valence electrons. The minimum Gasteiger partial charge on any atom is -0.443 e. The van der Waals surface area contributed by atoms with Crippen molar-refractivity contribution < 1.29 is 9.53 Å². The largest absolute Gasteiger partial charge is 0.443 e. The number of pyridine rings is 1. The molecule has 1 aliphatic heterocycles. The van der Waals surface area contributed by atoms with Gasteiger partial charge in [0.05, 0.1) is 0 Å². The van der Waals surface area contributed by atoms with Gasteiger partial charge in [-0.2, -0.15) is 0 Å². The normalized spacial score (nSPS) is 21.0. The molecule has 0 radical (unpaired) electrons. The molecule has 5 heteroatoms. The van der Waals surface area contributed by atoms with E-state index in [0.29, 0.717) is 11.9 Å². The lowest BCUT2D eigenvalue weighted by Crippen LogP contribution is -2.38. The highest BCUT2D eigenvalue weighted by atomic mass is 16.6. The van der Waals surface area contributed by atoms with Crippen molar-refractivity contribution in [3.63, 3.8) is 0 Å². The minimum atomic E-state index is -0.492. The number of likely N-dealkylation sites (tertiary alicyclic amines) is 1. The fourth-order valence-corrected chi connectivity index (χ4v) is 3.64. The van der Waals surface area contributed by atoms with Crippen LogP contribution < -0.4 is 4.90 Å². The number of carbonyl (C=O) groups excluding carboxylic acids is 1. The van der Waals surface area contributed by atoms with Crippen LogP contribution in [0.15, 0.2) is 18.3 Å². The topological polar surface area (TPSA) is 45.7 Å². The van der Waals surface area contributed by atoms with Gasteiger partial charge in [0.25, 0.3) is 0 Å². The van der Waals surface area contributed by atoms with Crippen molar-refractivity contribution in [3.8, 4) is 0 Å². The number of ether oxygens (including phenoxy) is 1. The first-order valence-corrected chi connectivity index (χ1v) is 10.1. The Labute approximate surface area is 157 Å². The Kier molecular flexibility index (Phi) is 5.86. The second-order valence-corrected chi connectivity index (χ2v) is 8.58. The highest BCUT2D eigenvalue weighted by Gasteiger charge is 2.37. The van der Waals surface area contributed by atoms with E-state index in [0.717, 1.165) is 19.4 Å². The predicted molar refractivity (Wildman–Crippen MR) is 104 cm³/mol. The monoisotopic (exact) mass is 359 g/mol. The lowest BCUT2D eigenvalue weighted by Gasteiger charge is -2.27. The summed E-state index contributed by atoms with van der Waals surface area (Å²) in [6.07, 6.45) is 8.65. The summed E-state index contributed by atoms with van der Waals surface area (Å²) in [6.45, 7) is 10.3. The van der Waals surface area contributed by atoms with Crippen LogP contribution in [0.25, 0.3) is 0 Å². The third kappa shape index (κ3) is 4.76. The Bertz CT molecular complexity index is 605. The number of anilines is 1. The summed E-state index contributed by atoms with van der Waals surface area (Å²) in [4.78, 5) is 21.6. The van der Waals surface area contributed by atoms with Crippen LogP contribution in [0.2, 0.25) is 0 Å². The predicted octanol–water partition coefficient (Wildman–Crippen LogP) is 4.92. The average Bonchev–Trinajstić information content (AvgIpc) is 3.29. The molecule has 2 heterocycles. The molecule has 0 aromatic carbocycles. The maximum atomic E-state index is 12.6. The van der Waals surface area contributed by atoms with Gasteiger partial charge in [-0.15, -0.1) is 0 Å². The number of hydrogen-bond donors (Lipinski definition) is 0. The van der Waals surface area contributed by atoms with E-state index < -0.39 is 5.60 Å². The van der Waals surface area contributed by atoms with E-state index >= 15 is 0 Å². The van der Waals surface area contributed by atoms with Crippen LogP contribution in [0.3, 0.4) is 0 Å². The summed E-state index contributed by atoms with van der Waals surface area (Å²) in [6, 6.07) is 4.85. The minimum absolute atomic E-state index is 0.232. The van der Waals surface area contributed by atoms with Gasteiger partial charge in [0.1, 0.15) is 11.4 Å². The third-order valence-electron chi connectivity index (χ3n) is 5.07. The molecule has 1 aromatic rings. The van der Waals surface area contributed by atoms with Gasteiger partial charge in [0.15, 0.2) is 0 Å². The summed E-state index contributed by atoms with van der Waals surface area (Å²) in [5.41, 5.74) is 0.774. The van der Waals surface area contributed by atoms with Crippen molar-refractivity contribution in [1.29, 1.82) is 0 Å². The van der Waals surface area contributed by atoms with Crippen molar-refractivity contribution in [2.45, 2.75) is 83.9 Å². The van der Waals surface area contributed by atoms with E-state index in [9.17, 15) is 4.79 Å².